The van der Waals surface area contributed by atoms with Crippen LogP contribution in [0.2, 0.25) is 0 Å². The van der Waals surface area contributed by atoms with E-state index in [1.165, 1.54) is 44.6 Å². The van der Waals surface area contributed by atoms with Gasteiger partial charge < -0.3 is 54.4 Å². The van der Waals surface area contributed by atoms with Crippen LogP contribution in [0, 0.1) is 11.8 Å². The lowest BCUT2D eigenvalue weighted by atomic mass is 10.00. The van der Waals surface area contributed by atoms with Crippen molar-refractivity contribution in [2.24, 2.45) is 11.8 Å². The number of rotatable bonds is 5. The number of aliphatic hydroxyl groups excluding tert-OH is 2. The molecule has 0 saturated carbocycles. The van der Waals surface area contributed by atoms with Crippen molar-refractivity contribution in [3.63, 3.8) is 0 Å². The number of aromatic hydroxyl groups is 1. The zero-order valence-corrected chi connectivity index (χ0v) is 34.3. The molecule has 15 nitrogen and oxygen atoms in total. The minimum atomic E-state index is -1.53. The van der Waals surface area contributed by atoms with Gasteiger partial charge in [0, 0.05) is 32.3 Å². The zero-order valence-electron chi connectivity index (χ0n) is 34.3. The molecule has 1 saturated heterocycles. The Hall–Kier alpha value is -5.39. The van der Waals surface area contributed by atoms with E-state index in [-0.39, 0.29) is 59.3 Å². The molecule has 0 unspecified atom stereocenters. The first-order valence-corrected chi connectivity index (χ1v) is 18.9. The molecule has 0 aromatic heterocycles. The maximum absolute atomic E-state index is 13.1. The van der Waals surface area contributed by atoms with E-state index in [4.69, 9.17) is 28.4 Å². The van der Waals surface area contributed by atoms with Crippen LogP contribution in [0.3, 0.4) is 0 Å². The number of hydrogen-bond acceptors (Lipinski definition) is 13. The van der Waals surface area contributed by atoms with Crippen molar-refractivity contribution >= 4 is 35.5 Å². The van der Waals surface area contributed by atoms with E-state index in [1.54, 1.807) is 64.3 Å². The Balaban J connectivity index is 0.000000317. The summed E-state index contributed by atoms with van der Waals surface area (Å²) >= 11 is 0. The average molecular weight is 827 g/mol. The highest BCUT2D eigenvalue weighted by atomic mass is 19.0. The Labute approximate surface area is 343 Å². The first-order chi connectivity index (χ1) is 27.6. The molecule has 0 aliphatic carbocycles. The fourth-order valence-corrected chi connectivity index (χ4v) is 6.22. The molecule has 2 aromatic rings. The van der Waals surface area contributed by atoms with Gasteiger partial charge in [-0.3, -0.25) is 23.9 Å². The standard InChI is InChI=1S/C24H31NO7.C19H23NO6.FH/c1-15-9-10-18(26)22-19(31-24(2,3)32-22)8-6-7-16-11-17(29-5)12-20(30-14-28-4)21(16)23(27)25-13-15;1-11-6-7-15(22)18(24)14(21)5-3-4-12-8-13(26-2)9-16(23)17(12)19(25)20-10-11;/h6-7,9-12,15,19,22H,8,13-14H2,1-5H3,(H,25,27);3-4,6-9,11,14,18,21,23-24H,5,10H2,1-2H3,(H,20,25);1H/b7-6+,10-9-;4-3+,7-6-;/t15-,19+,22-;11-,14+,18+;/m11./s1. The van der Waals surface area contributed by atoms with Gasteiger partial charge in [-0.05, 0) is 73.9 Å². The third kappa shape index (κ3) is 13.3. The lowest BCUT2D eigenvalue weighted by Crippen LogP contribution is -2.33. The normalized spacial score (nSPS) is 26.8. The van der Waals surface area contributed by atoms with E-state index < -0.39 is 41.9 Å². The Morgan fingerprint density at radius 3 is 1.88 bits per heavy atom. The number of ether oxygens (including phenoxy) is 6. The highest BCUT2D eigenvalue weighted by Crippen LogP contribution is 2.34. The summed E-state index contributed by atoms with van der Waals surface area (Å²) < 4.78 is 33.0. The van der Waals surface area contributed by atoms with E-state index in [0.717, 1.165) is 0 Å². The molecule has 0 bridgehead atoms. The van der Waals surface area contributed by atoms with Crippen molar-refractivity contribution in [1.29, 1.82) is 0 Å². The summed E-state index contributed by atoms with van der Waals surface area (Å²) in [5.74, 6) is -1.58. The van der Waals surface area contributed by atoms with Crippen molar-refractivity contribution in [2.75, 3.05) is 41.2 Å². The van der Waals surface area contributed by atoms with Crippen LogP contribution in [-0.2, 0) is 23.8 Å². The van der Waals surface area contributed by atoms with Crippen molar-refractivity contribution in [3.8, 4) is 23.0 Å². The molecule has 6 atom stereocenters. The highest BCUT2D eigenvalue weighted by Gasteiger charge is 2.43. The molecule has 322 valence electrons. The molecule has 1 fully saturated rings. The summed E-state index contributed by atoms with van der Waals surface area (Å²) in [7, 11) is 4.49. The van der Waals surface area contributed by atoms with E-state index in [1.807, 2.05) is 13.0 Å². The van der Waals surface area contributed by atoms with Crippen molar-refractivity contribution in [2.45, 2.75) is 70.7 Å². The second-order valence-electron chi connectivity index (χ2n) is 14.5. The molecule has 16 heteroatoms. The number of carbonyl (C=O) groups excluding carboxylic acids is 4. The van der Waals surface area contributed by atoms with E-state index in [2.05, 4.69) is 10.6 Å². The molecular formula is C43H55FN2O13. The predicted octanol–water partition coefficient (Wildman–Crippen LogP) is 4.29. The van der Waals surface area contributed by atoms with Crippen LogP contribution in [0.25, 0.3) is 12.2 Å². The summed E-state index contributed by atoms with van der Waals surface area (Å²) in [5, 5.41) is 35.7. The van der Waals surface area contributed by atoms with Gasteiger partial charge in [-0.25, -0.2) is 0 Å². The molecule has 2 aromatic carbocycles. The third-order valence-corrected chi connectivity index (χ3v) is 9.29. The highest BCUT2D eigenvalue weighted by molar-refractivity contribution is 6.02. The number of carbonyl (C=O) groups is 4. The fourth-order valence-electron chi connectivity index (χ4n) is 6.22. The molecule has 2 amide bonds. The van der Waals surface area contributed by atoms with Gasteiger partial charge in [0.25, 0.3) is 11.8 Å². The van der Waals surface area contributed by atoms with Crippen LogP contribution < -0.4 is 24.8 Å². The van der Waals surface area contributed by atoms with Gasteiger partial charge in [0.05, 0.1) is 37.6 Å². The fraction of sp³-hybridized carbons (Fsp3) is 0.442. The Bertz CT molecular complexity index is 1920. The maximum atomic E-state index is 13.1. The second kappa shape index (κ2) is 22.1. The van der Waals surface area contributed by atoms with Gasteiger partial charge in [-0.15, -0.1) is 0 Å². The number of hydrogen-bond donors (Lipinski definition) is 5. The number of halogens is 1. The number of methoxy groups -OCH3 is 3. The molecular weight excluding hydrogens is 771 g/mol. The molecule has 3 aliphatic rings. The van der Waals surface area contributed by atoms with Crippen LogP contribution in [0.4, 0.5) is 4.70 Å². The molecule has 3 aliphatic heterocycles. The second-order valence-corrected chi connectivity index (χ2v) is 14.5. The summed E-state index contributed by atoms with van der Waals surface area (Å²) in [6.45, 7) is 7.85. The van der Waals surface area contributed by atoms with Crippen LogP contribution in [0.1, 0.15) is 72.4 Å². The molecule has 0 radical (unpaired) electrons. The summed E-state index contributed by atoms with van der Waals surface area (Å²) in [6.07, 6.45) is 9.23. The number of benzene rings is 2. The minimum Gasteiger partial charge on any atom is -0.507 e. The van der Waals surface area contributed by atoms with Crippen LogP contribution in [-0.4, -0.2) is 110 Å². The third-order valence-electron chi connectivity index (χ3n) is 9.29. The number of fused-ring (bicyclic) bond motifs is 3. The summed E-state index contributed by atoms with van der Waals surface area (Å²) in [4.78, 5) is 50.2. The quantitative estimate of drug-likeness (QED) is 0.267. The zero-order chi connectivity index (χ0) is 42.6. The van der Waals surface area contributed by atoms with Crippen molar-refractivity contribution in [3.05, 3.63) is 83.0 Å². The minimum absolute atomic E-state index is 0. The number of nitrogens with one attached hydrogen (secondary N) is 2. The summed E-state index contributed by atoms with van der Waals surface area (Å²) in [6, 6.07) is 6.34. The number of phenols is 1. The molecule has 5 N–H and O–H groups in total. The lowest BCUT2D eigenvalue weighted by molar-refractivity contribution is -0.152. The van der Waals surface area contributed by atoms with Gasteiger partial charge in [0.15, 0.2) is 24.1 Å². The predicted molar refractivity (Wildman–Crippen MR) is 217 cm³/mol. The molecule has 3 heterocycles. The van der Waals surface area contributed by atoms with E-state index in [0.29, 0.717) is 46.9 Å². The first-order valence-electron chi connectivity index (χ1n) is 18.9. The van der Waals surface area contributed by atoms with Crippen LogP contribution in [0.15, 0.2) is 60.7 Å². The van der Waals surface area contributed by atoms with Gasteiger partial charge in [-0.1, -0.05) is 50.3 Å². The lowest BCUT2D eigenvalue weighted by Gasteiger charge is -2.17. The van der Waals surface area contributed by atoms with Gasteiger partial charge in [-0.2, -0.15) is 0 Å². The Morgan fingerprint density at radius 1 is 0.746 bits per heavy atom. The largest absolute Gasteiger partial charge is 0.507 e. The van der Waals surface area contributed by atoms with Gasteiger partial charge in [0.2, 0.25) is 0 Å². The smallest absolute Gasteiger partial charge is 0.255 e. The number of phenolic OH excluding ortho intramolecular Hbond substituents is 1. The van der Waals surface area contributed by atoms with Crippen molar-refractivity contribution < 1.29 is 67.6 Å². The van der Waals surface area contributed by atoms with E-state index >= 15 is 0 Å². The van der Waals surface area contributed by atoms with Gasteiger partial charge >= 0.3 is 0 Å². The first kappa shape index (κ1) is 48.0. The Morgan fingerprint density at radius 2 is 1.29 bits per heavy atom. The van der Waals surface area contributed by atoms with Crippen LogP contribution >= 0.6 is 0 Å². The number of ketones is 2. The van der Waals surface area contributed by atoms with Gasteiger partial charge in [0.1, 0.15) is 35.2 Å². The Kier molecular flexibility index (Phi) is 18.0. The van der Waals surface area contributed by atoms with Crippen LogP contribution in [0.5, 0.6) is 23.0 Å². The summed E-state index contributed by atoms with van der Waals surface area (Å²) in [5.41, 5.74) is 1.48. The number of amides is 2. The monoisotopic (exact) mass is 826 g/mol. The molecule has 0 spiro atoms. The molecule has 59 heavy (non-hydrogen) atoms. The number of aliphatic hydroxyl groups is 2. The SMILES string of the molecule is COCOc1cc(OC)cc2c1C(=O)NC[C@H](C)/C=C\C(=O)[C@H]1OC(C)(C)O[C@H]1C/C=C/2.COc1cc(O)c2c(c1)/C=C/C[C@H](O)[C@H](O)C(=O)/C=C\[C@@H](C)CNC2=O.F. The van der Waals surface area contributed by atoms with Crippen molar-refractivity contribution in [1.82, 2.24) is 10.6 Å². The average Bonchev–Trinajstić information content (AvgIpc) is 3.51. The maximum Gasteiger partial charge on any atom is 0.255 e. The topological polar surface area (TPSA) is 208 Å². The molecule has 5 rings (SSSR count). The van der Waals surface area contributed by atoms with E-state index in [9.17, 15) is 34.5 Å².